The molecule has 1 spiro atoms. The van der Waals surface area contributed by atoms with Gasteiger partial charge in [-0.2, -0.15) is 0 Å². The van der Waals surface area contributed by atoms with Crippen molar-refractivity contribution < 1.29 is 33.6 Å². The molecule has 3 heterocycles. The molecular weight excluding hydrogens is 510 g/mol. The zero-order valence-corrected chi connectivity index (χ0v) is 23.8. The van der Waals surface area contributed by atoms with Crippen molar-refractivity contribution in [1.82, 2.24) is 4.98 Å². The summed E-state index contributed by atoms with van der Waals surface area (Å²) in [4.78, 5) is 30.7. The number of nitrogens with one attached hydrogen (secondary N) is 1. The molecule has 1 aromatic heterocycles. The van der Waals surface area contributed by atoms with Crippen LogP contribution < -0.4 is 0 Å². The van der Waals surface area contributed by atoms with E-state index in [4.69, 9.17) is 18.9 Å². The Morgan fingerprint density at radius 3 is 2.58 bits per heavy atom. The molecule has 212 valence electrons. The Labute approximate surface area is 233 Å². The van der Waals surface area contributed by atoms with Crippen LogP contribution in [0.5, 0.6) is 0 Å². The zero-order chi connectivity index (χ0) is 28.1. The van der Waals surface area contributed by atoms with Crippen LogP contribution in [0.15, 0.2) is 35.9 Å². The number of carbonyl (C=O) groups excluding carboxylic acids is 2. The average Bonchev–Trinajstić information content (AvgIpc) is 3.49. The molecule has 40 heavy (non-hydrogen) atoms. The van der Waals surface area contributed by atoms with Crippen LogP contribution in [0.2, 0.25) is 0 Å². The Morgan fingerprint density at radius 2 is 1.85 bits per heavy atom. The maximum atomic E-state index is 13.5. The van der Waals surface area contributed by atoms with E-state index >= 15 is 0 Å². The first-order valence-electron chi connectivity index (χ1n) is 14.6. The number of methoxy groups -OCH3 is 1. The van der Waals surface area contributed by atoms with Gasteiger partial charge in [-0.25, -0.2) is 4.79 Å². The fraction of sp³-hybridized carbons (Fsp3) is 0.625. The lowest BCUT2D eigenvalue weighted by molar-refractivity contribution is -0.279. The third-order valence-electron chi connectivity index (χ3n) is 12.0. The van der Waals surface area contributed by atoms with E-state index in [0.29, 0.717) is 37.7 Å². The van der Waals surface area contributed by atoms with E-state index in [1.165, 1.54) is 18.1 Å². The van der Waals surface area contributed by atoms with Crippen LogP contribution in [0.1, 0.15) is 71.1 Å². The molecule has 0 radical (unpaired) electrons. The van der Waals surface area contributed by atoms with Crippen LogP contribution in [-0.2, 0) is 40.4 Å². The number of rotatable bonds is 3. The van der Waals surface area contributed by atoms with E-state index in [-0.39, 0.29) is 11.7 Å². The number of carbonyl (C=O) groups is 2. The second-order valence-electron chi connectivity index (χ2n) is 14.0. The lowest BCUT2D eigenvalue weighted by Gasteiger charge is -2.67. The molecule has 6 aliphatic rings. The van der Waals surface area contributed by atoms with Crippen molar-refractivity contribution in [2.24, 2.45) is 11.3 Å². The van der Waals surface area contributed by atoms with Crippen molar-refractivity contribution in [3.63, 3.8) is 0 Å². The number of ether oxygens (including phenoxy) is 4. The summed E-state index contributed by atoms with van der Waals surface area (Å²) in [6.07, 6.45) is 3.41. The minimum atomic E-state index is -1.71. The number of benzene rings is 1. The number of esters is 1. The lowest BCUT2D eigenvalue weighted by Crippen LogP contribution is -2.75. The molecule has 8 rings (SSSR count). The van der Waals surface area contributed by atoms with Crippen LogP contribution in [-0.4, -0.2) is 63.8 Å². The van der Waals surface area contributed by atoms with Crippen LogP contribution >= 0.6 is 0 Å². The average molecular weight is 548 g/mol. The van der Waals surface area contributed by atoms with Gasteiger partial charge >= 0.3 is 5.97 Å². The summed E-state index contributed by atoms with van der Waals surface area (Å²) in [5.74, 6) is -1.81. The van der Waals surface area contributed by atoms with Gasteiger partial charge in [0.15, 0.2) is 23.3 Å². The Morgan fingerprint density at radius 1 is 1.10 bits per heavy atom. The SMILES string of the molecule is COC1(C(=O)O[C@H]2C[C@H]3Cc4c([nH]c5ccccc45)[C@]3(C)[C@@]3(C)CCC45O[C@@H](C(=O)C=C4[C@]23O)C(C)(C)O5)CC1. The van der Waals surface area contributed by atoms with E-state index in [1.807, 2.05) is 19.9 Å². The second kappa shape index (κ2) is 7.27. The molecule has 1 saturated heterocycles. The maximum absolute atomic E-state index is 13.5. The number of aliphatic hydroxyl groups is 1. The third kappa shape index (κ3) is 2.64. The van der Waals surface area contributed by atoms with Crippen molar-refractivity contribution in [3.05, 3.63) is 47.2 Å². The highest BCUT2D eigenvalue weighted by Gasteiger charge is 2.78. The zero-order valence-electron chi connectivity index (χ0n) is 23.8. The molecule has 4 fully saturated rings. The highest BCUT2D eigenvalue weighted by molar-refractivity contribution is 5.97. The number of para-hydroxylation sites is 1. The maximum Gasteiger partial charge on any atom is 0.338 e. The summed E-state index contributed by atoms with van der Waals surface area (Å²) in [5.41, 5.74) is -0.960. The van der Waals surface area contributed by atoms with Crippen molar-refractivity contribution in [1.29, 1.82) is 0 Å². The van der Waals surface area contributed by atoms with E-state index < -0.39 is 51.6 Å². The van der Waals surface area contributed by atoms with Gasteiger partial charge in [-0.05, 0) is 69.6 Å². The number of aromatic amines is 1. The minimum Gasteiger partial charge on any atom is -0.457 e. The van der Waals surface area contributed by atoms with E-state index in [1.54, 1.807) is 6.08 Å². The molecule has 3 saturated carbocycles. The van der Waals surface area contributed by atoms with Gasteiger partial charge in [0, 0.05) is 46.5 Å². The van der Waals surface area contributed by atoms with Gasteiger partial charge in [0.05, 0.1) is 0 Å². The summed E-state index contributed by atoms with van der Waals surface area (Å²) in [5, 5.41) is 14.5. The lowest BCUT2D eigenvalue weighted by atomic mass is 9.41. The fourth-order valence-electron chi connectivity index (χ4n) is 9.37. The Balaban J connectivity index is 1.33. The number of hydrogen-bond donors (Lipinski definition) is 2. The second-order valence-corrected chi connectivity index (χ2v) is 14.0. The fourth-order valence-corrected chi connectivity index (χ4v) is 9.37. The van der Waals surface area contributed by atoms with Crippen LogP contribution in [0.3, 0.4) is 0 Å². The van der Waals surface area contributed by atoms with Gasteiger partial charge in [0.1, 0.15) is 17.3 Å². The third-order valence-corrected chi connectivity index (χ3v) is 12.0. The summed E-state index contributed by atoms with van der Waals surface area (Å²) in [6, 6.07) is 8.32. The predicted octanol–water partition coefficient (Wildman–Crippen LogP) is 4.02. The van der Waals surface area contributed by atoms with Crippen LogP contribution in [0.4, 0.5) is 0 Å². The molecule has 2 bridgehead atoms. The first kappa shape index (κ1) is 25.2. The highest BCUT2D eigenvalue weighted by atomic mass is 16.8. The van der Waals surface area contributed by atoms with Gasteiger partial charge in [0.2, 0.25) is 0 Å². The Hall–Kier alpha value is -2.52. The largest absolute Gasteiger partial charge is 0.457 e. The van der Waals surface area contributed by atoms with Crippen molar-refractivity contribution in [2.45, 2.75) is 106 Å². The molecule has 4 aliphatic carbocycles. The van der Waals surface area contributed by atoms with Gasteiger partial charge < -0.3 is 29.0 Å². The smallest absolute Gasteiger partial charge is 0.338 e. The van der Waals surface area contributed by atoms with Crippen molar-refractivity contribution in [2.75, 3.05) is 7.11 Å². The first-order valence-corrected chi connectivity index (χ1v) is 14.6. The Bertz CT molecular complexity index is 1530. The molecule has 8 heteroatoms. The van der Waals surface area contributed by atoms with Gasteiger partial charge in [-0.1, -0.05) is 32.0 Å². The molecule has 7 atom stereocenters. The topological polar surface area (TPSA) is 107 Å². The first-order chi connectivity index (χ1) is 18.9. The summed E-state index contributed by atoms with van der Waals surface area (Å²) in [6.45, 7) is 8.07. The number of ketones is 1. The molecule has 1 unspecified atom stereocenters. The molecule has 0 amide bonds. The molecule has 8 nitrogen and oxygen atoms in total. The van der Waals surface area contributed by atoms with Crippen molar-refractivity contribution >= 4 is 22.7 Å². The van der Waals surface area contributed by atoms with Crippen LogP contribution in [0.25, 0.3) is 10.9 Å². The normalized spacial score (nSPS) is 43.4. The number of hydrogen-bond acceptors (Lipinski definition) is 7. The molecule has 2 N–H and O–H groups in total. The van der Waals surface area contributed by atoms with E-state index in [0.717, 1.165) is 17.6 Å². The monoisotopic (exact) mass is 547 g/mol. The Kier molecular flexibility index (Phi) is 4.58. The molecule has 2 aromatic rings. The highest BCUT2D eigenvalue weighted by Crippen LogP contribution is 2.72. The predicted molar refractivity (Wildman–Crippen MR) is 144 cm³/mol. The van der Waals surface area contributed by atoms with Crippen LogP contribution in [0, 0.1) is 11.3 Å². The number of aromatic nitrogens is 1. The van der Waals surface area contributed by atoms with Gasteiger partial charge in [-0.15, -0.1) is 0 Å². The van der Waals surface area contributed by atoms with Crippen molar-refractivity contribution in [3.8, 4) is 0 Å². The van der Waals surface area contributed by atoms with Gasteiger partial charge in [0.25, 0.3) is 0 Å². The standard InChI is InChI=1S/C32H37NO7/c1-27(2)25-21(34)16-22-31(39-25,40-27)13-10-28(3)29(4)17(14-19-18-8-6-7-9-20(18)33-24(19)29)15-23(32(22,28)36)38-26(35)30(37-5)11-12-30/h6-9,16-17,23,25,33,36H,10-15H2,1-5H3/t17-,23+,25+,28-,29-,31?,32+/m1/s1. The number of fused-ring (bicyclic) bond motifs is 9. The summed E-state index contributed by atoms with van der Waals surface area (Å²) >= 11 is 0. The minimum absolute atomic E-state index is 0.114. The number of H-pyrrole nitrogens is 1. The van der Waals surface area contributed by atoms with Gasteiger partial charge in [-0.3, -0.25) is 4.79 Å². The summed E-state index contributed by atoms with van der Waals surface area (Å²) in [7, 11) is 1.53. The summed E-state index contributed by atoms with van der Waals surface area (Å²) < 4.78 is 24.9. The van der Waals surface area contributed by atoms with E-state index in [9.17, 15) is 14.7 Å². The molecular formula is C32H37NO7. The molecule has 1 aromatic carbocycles. The van der Waals surface area contributed by atoms with E-state index in [2.05, 4.69) is 37.0 Å². The quantitative estimate of drug-likeness (QED) is 0.559. The molecule has 2 aliphatic heterocycles.